The van der Waals surface area contributed by atoms with Crippen LogP contribution in [0, 0.1) is 12.7 Å². The predicted octanol–water partition coefficient (Wildman–Crippen LogP) is 4.21. The minimum absolute atomic E-state index is 0.372. The Labute approximate surface area is 155 Å². The molecule has 2 rings (SSSR count). The largest absolute Gasteiger partial charge is 0.346 e. The first-order valence-electron chi connectivity index (χ1n) is 7.78. The highest BCUT2D eigenvalue weighted by atomic mass is 35.5. The van der Waals surface area contributed by atoms with Gasteiger partial charge in [-0.15, -0.1) is 0 Å². The van der Waals surface area contributed by atoms with Crippen LogP contribution < -0.4 is 10.6 Å². The van der Waals surface area contributed by atoms with Gasteiger partial charge in [0, 0.05) is 16.4 Å². The third-order valence-corrected chi connectivity index (χ3v) is 4.07. The molecule has 2 N–H and O–H groups in total. The van der Waals surface area contributed by atoms with Crippen LogP contribution in [-0.2, 0) is 9.63 Å². The number of urea groups is 1. The summed E-state index contributed by atoms with van der Waals surface area (Å²) in [6.45, 7) is 3.36. The van der Waals surface area contributed by atoms with Crippen LogP contribution in [0.3, 0.4) is 0 Å². The molecule has 1 atom stereocenters. The van der Waals surface area contributed by atoms with E-state index in [1.807, 2.05) is 6.92 Å². The molecule has 0 aliphatic carbocycles. The zero-order chi connectivity index (χ0) is 19.3. The van der Waals surface area contributed by atoms with Gasteiger partial charge in [-0.25, -0.2) is 9.18 Å². The molecule has 0 aliphatic rings. The molecular weight excluding hydrogens is 361 g/mol. The van der Waals surface area contributed by atoms with Crippen molar-refractivity contribution < 1.29 is 18.8 Å². The van der Waals surface area contributed by atoms with E-state index in [0.717, 1.165) is 10.6 Å². The number of nitrogens with one attached hydrogen (secondary N) is 2. The Kier molecular flexibility index (Phi) is 6.54. The monoisotopic (exact) mass is 379 g/mol. The third kappa shape index (κ3) is 4.93. The molecule has 6 nitrogen and oxygen atoms in total. The van der Waals surface area contributed by atoms with Crippen LogP contribution >= 0.6 is 11.6 Å². The van der Waals surface area contributed by atoms with Crippen LogP contribution in [-0.4, -0.2) is 30.2 Å². The van der Waals surface area contributed by atoms with Gasteiger partial charge in [0.05, 0.1) is 7.11 Å². The molecule has 138 valence electrons. The number of anilines is 2. The fourth-order valence-corrected chi connectivity index (χ4v) is 2.33. The molecule has 0 aromatic heterocycles. The van der Waals surface area contributed by atoms with E-state index in [1.165, 1.54) is 38.3 Å². The number of carbonyl (C=O) groups is 2. The number of halogens is 2. The van der Waals surface area contributed by atoms with Gasteiger partial charge in [-0.1, -0.05) is 17.7 Å². The Morgan fingerprint density at radius 1 is 1.12 bits per heavy atom. The second-order valence-electron chi connectivity index (χ2n) is 5.57. The maximum atomic E-state index is 12.9. The van der Waals surface area contributed by atoms with Gasteiger partial charge in [0.2, 0.25) is 5.91 Å². The first-order chi connectivity index (χ1) is 12.3. The summed E-state index contributed by atoms with van der Waals surface area (Å²) in [6.07, 6.45) is 0. The summed E-state index contributed by atoms with van der Waals surface area (Å²) in [4.78, 5) is 29.8. The van der Waals surface area contributed by atoms with Crippen LogP contribution in [0.5, 0.6) is 0 Å². The van der Waals surface area contributed by atoms with Gasteiger partial charge in [0.15, 0.2) is 0 Å². The van der Waals surface area contributed by atoms with Crippen LogP contribution in [0.25, 0.3) is 0 Å². The average molecular weight is 380 g/mol. The lowest BCUT2D eigenvalue weighted by Crippen LogP contribution is -2.46. The molecule has 2 aromatic carbocycles. The summed E-state index contributed by atoms with van der Waals surface area (Å²) in [5.74, 6) is -0.878. The Morgan fingerprint density at radius 2 is 1.73 bits per heavy atom. The van der Waals surface area contributed by atoms with Crippen molar-refractivity contribution in [3.8, 4) is 0 Å². The zero-order valence-electron chi connectivity index (χ0n) is 14.5. The van der Waals surface area contributed by atoms with E-state index in [1.54, 1.807) is 18.2 Å². The van der Waals surface area contributed by atoms with Crippen molar-refractivity contribution in [2.24, 2.45) is 0 Å². The van der Waals surface area contributed by atoms with Crippen molar-refractivity contribution in [3.05, 3.63) is 58.9 Å². The lowest BCUT2D eigenvalue weighted by atomic mass is 10.2. The van der Waals surface area contributed by atoms with Crippen LogP contribution in [0.4, 0.5) is 20.6 Å². The van der Waals surface area contributed by atoms with Crippen molar-refractivity contribution in [2.45, 2.75) is 19.9 Å². The Balaban J connectivity index is 2.04. The second kappa shape index (κ2) is 8.64. The van der Waals surface area contributed by atoms with Gasteiger partial charge < -0.3 is 10.6 Å². The van der Waals surface area contributed by atoms with Crippen LogP contribution in [0.15, 0.2) is 42.5 Å². The fourth-order valence-electron chi connectivity index (χ4n) is 2.15. The Bertz CT molecular complexity index is 799. The molecule has 26 heavy (non-hydrogen) atoms. The number of benzene rings is 2. The highest BCUT2D eigenvalue weighted by Crippen LogP contribution is 2.20. The molecule has 0 spiro atoms. The first-order valence-corrected chi connectivity index (χ1v) is 8.16. The molecule has 0 bridgehead atoms. The van der Waals surface area contributed by atoms with Crippen LogP contribution in [0.2, 0.25) is 5.02 Å². The first kappa shape index (κ1) is 19.7. The van der Waals surface area contributed by atoms with Gasteiger partial charge in [-0.2, -0.15) is 5.06 Å². The smallest absolute Gasteiger partial charge is 0.324 e. The van der Waals surface area contributed by atoms with Gasteiger partial charge >= 0.3 is 6.03 Å². The topological polar surface area (TPSA) is 70.7 Å². The summed E-state index contributed by atoms with van der Waals surface area (Å²) in [5.41, 5.74) is 1.76. The quantitative estimate of drug-likeness (QED) is 0.764. The summed E-state index contributed by atoms with van der Waals surface area (Å²) in [7, 11) is 1.27. The van der Waals surface area contributed by atoms with Gasteiger partial charge in [-0.3, -0.25) is 9.63 Å². The molecule has 0 saturated carbocycles. The summed E-state index contributed by atoms with van der Waals surface area (Å²) in [5, 5.41) is 6.61. The van der Waals surface area contributed by atoms with E-state index >= 15 is 0 Å². The number of nitrogens with zero attached hydrogens (tertiary/aromatic N) is 1. The van der Waals surface area contributed by atoms with Crippen LogP contribution in [0.1, 0.15) is 12.5 Å². The summed E-state index contributed by atoms with van der Waals surface area (Å²) in [6, 6.07) is 8.75. The van der Waals surface area contributed by atoms with E-state index in [4.69, 9.17) is 16.4 Å². The van der Waals surface area contributed by atoms with E-state index in [-0.39, 0.29) is 0 Å². The zero-order valence-corrected chi connectivity index (χ0v) is 15.3. The molecule has 0 radical (unpaired) electrons. The predicted molar refractivity (Wildman–Crippen MR) is 98.5 cm³/mol. The average Bonchev–Trinajstić information content (AvgIpc) is 2.60. The summed E-state index contributed by atoms with van der Waals surface area (Å²) >= 11 is 6.04. The normalized spacial score (nSPS) is 11.6. The number of hydrogen-bond donors (Lipinski definition) is 2. The van der Waals surface area contributed by atoms with Crippen molar-refractivity contribution in [2.75, 3.05) is 17.7 Å². The van der Waals surface area contributed by atoms with E-state index in [2.05, 4.69) is 10.6 Å². The minimum atomic E-state index is -0.930. The molecule has 1 unspecified atom stereocenters. The number of hydroxylamine groups is 2. The fraction of sp³-hybridized carbons (Fsp3) is 0.222. The van der Waals surface area contributed by atoms with Gasteiger partial charge in [-0.05, 0) is 55.8 Å². The molecule has 0 aliphatic heterocycles. The lowest BCUT2D eigenvalue weighted by molar-refractivity contribution is -0.141. The molecule has 2 aromatic rings. The third-order valence-electron chi connectivity index (χ3n) is 3.66. The molecular formula is C18H19ClFN3O3. The molecule has 3 amide bonds. The Hall–Kier alpha value is -2.64. The minimum Gasteiger partial charge on any atom is -0.324 e. The van der Waals surface area contributed by atoms with Gasteiger partial charge in [0.1, 0.15) is 11.9 Å². The molecule has 0 fully saturated rings. The number of carbonyl (C=O) groups excluding carboxylic acids is 2. The van der Waals surface area contributed by atoms with E-state index in [9.17, 15) is 14.0 Å². The number of amides is 3. The maximum absolute atomic E-state index is 12.9. The van der Waals surface area contributed by atoms with Crippen molar-refractivity contribution in [1.29, 1.82) is 0 Å². The van der Waals surface area contributed by atoms with E-state index in [0.29, 0.717) is 16.4 Å². The lowest BCUT2D eigenvalue weighted by Gasteiger charge is -2.26. The van der Waals surface area contributed by atoms with E-state index < -0.39 is 23.8 Å². The number of aryl methyl sites for hydroxylation is 1. The second-order valence-corrected chi connectivity index (χ2v) is 5.98. The Morgan fingerprint density at radius 3 is 2.31 bits per heavy atom. The standard InChI is InChI=1S/C18H19ClFN3O3/c1-11-4-7-15(10-16(11)19)21-17(24)12(2)23(26-3)18(25)22-14-8-5-13(20)6-9-14/h4-10,12H,1-3H3,(H,21,24)(H,22,25). The van der Waals surface area contributed by atoms with Crippen molar-refractivity contribution in [3.63, 3.8) is 0 Å². The number of hydrogen-bond acceptors (Lipinski definition) is 3. The number of rotatable bonds is 5. The molecule has 8 heteroatoms. The van der Waals surface area contributed by atoms with Gasteiger partial charge in [0.25, 0.3) is 0 Å². The van der Waals surface area contributed by atoms with Crippen molar-refractivity contribution >= 4 is 34.9 Å². The molecule has 0 saturated heterocycles. The highest BCUT2D eigenvalue weighted by Gasteiger charge is 2.26. The maximum Gasteiger partial charge on any atom is 0.346 e. The molecule has 0 heterocycles. The van der Waals surface area contributed by atoms with Crippen molar-refractivity contribution in [1.82, 2.24) is 5.06 Å². The summed E-state index contributed by atoms with van der Waals surface area (Å²) < 4.78 is 12.9. The SMILES string of the molecule is CON(C(=O)Nc1ccc(F)cc1)C(C)C(=O)Nc1ccc(C)c(Cl)c1. The highest BCUT2D eigenvalue weighted by molar-refractivity contribution is 6.31.